The van der Waals surface area contributed by atoms with E-state index in [0.29, 0.717) is 28.9 Å². The summed E-state index contributed by atoms with van der Waals surface area (Å²) in [6, 6.07) is 5.11. The molecule has 1 aromatic rings. The summed E-state index contributed by atoms with van der Waals surface area (Å²) in [7, 11) is 1.73. The highest BCUT2D eigenvalue weighted by molar-refractivity contribution is 6.37. The summed E-state index contributed by atoms with van der Waals surface area (Å²) in [6.07, 6.45) is 0. The highest BCUT2D eigenvalue weighted by Gasteiger charge is 2.31. The van der Waals surface area contributed by atoms with E-state index in [1.807, 2.05) is 0 Å². The zero-order chi connectivity index (χ0) is 14.6. The number of carbonyl (C=O) groups is 1. The minimum Gasteiger partial charge on any atom is -0.489 e. The number of halogens is 2. The molecule has 106 valence electrons. The van der Waals surface area contributed by atoms with Gasteiger partial charge in [-0.2, -0.15) is 0 Å². The Hall–Kier alpha value is -0.970. The highest BCUT2D eigenvalue weighted by Crippen LogP contribution is 2.32. The van der Waals surface area contributed by atoms with E-state index in [1.165, 1.54) is 0 Å². The molecule has 1 rings (SSSR count). The normalized spacial score (nSPS) is 11.7. The Labute approximate surface area is 122 Å². The lowest BCUT2D eigenvalue weighted by atomic mass is 10.0. The van der Waals surface area contributed by atoms with Crippen LogP contribution in [-0.4, -0.2) is 41.7 Å². The maximum atomic E-state index is 11.1. The summed E-state index contributed by atoms with van der Waals surface area (Å²) in [5.74, 6) is -0.460. The average Bonchev–Trinajstić information content (AvgIpc) is 2.32. The van der Waals surface area contributed by atoms with E-state index in [4.69, 9.17) is 33.0 Å². The van der Waals surface area contributed by atoms with E-state index in [0.717, 1.165) is 0 Å². The number of nitrogens with zero attached hydrogens (tertiary/aromatic N) is 1. The predicted octanol–water partition coefficient (Wildman–Crippen LogP) is 3.17. The summed E-state index contributed by atoms with van der Waals surface area (Å²) in [6.45, 7) is 4.02. The van der Waals surface area contributed by atoms with Crippen molar-refractivity contribution in [2.24, 2.45) is 0 Å². The number of aliphatic carboxylic acids is 1. The van der Waals surface area contributed by atoms with Crippen LogP contribution in [0.2, 0.25) is 10.0 Å². The third kappa shape index (κ3) is 4.00. The molecule has 0 aromatic heterocycles. The Morgan fingerprint density at radius 1 is 1.37 bits per heavy atom. The van der Waals surface area contributed by atoms with Crippen molar-refractivity contribution in [3.05, 3.63) is 28.2 Å². The van der Waals surface area contributed by atoms with Crippen molar-refractivity contribution in [3.8, 4) is 5.75 Å². The molecule has 0 unspecified atom stereocenters. The van der Waals surface area contributed by atoms with Crippen LogP contribution in [0.5, 0.6) is 5.75 Å². The number of benzene rings is 1. The van der Waals surface area contributed by atoms with Gasteiger partial charge in [0.2, 0.25) is 0 Å². The Morgan fingerprint density at radius 2 is 1.89 bits per heavy atom. The van der Waals surface area contributed by atoms with Crippen LogP contribution in [0.4, 0.5) is 0 Å². The Balaban J connectivity index is 2.58. The van der Waals surface area contributed by atoms with Crippen LogP contribution in [0, 0.1) is 0 Å². The van der Waals surface area contributed by atoms with Gasteiger partial charge >= 0.3 is 5.97 Å². The Bertz CT molecular complexity index is 443. The van der Waals surface area contributed by atoms with Gasteiger partial charge in [0.1, 0.15) is 12.1 Å². The second kappa shape index (κ2) is 6.46. The monoisotopic (exact) mass is 305 g/mol. The van der Waals surface area contributed by atoms with E-state index in [9.17, 15) is 4.79 Å². The fourth-order valence-electron chi connectivity index (χ4n) is 1.35. The van der Waals surface area contributed by atoms with Gasteiger partial charge in [0.15, 0.2) is 5.75 Å². The molecule has 0 bridgehead atoms. The van der Waals surface area contributed by atoms with Crippen molar-refractivity contribution in [1.82, 2.24) is 4.90 Å². The summed E-state index contributed by atoms with van der Waals surface area (Å²) in [4.78, 5) is 12.8. The van der Waals surface area contributed by atoms with Crippen LogP contribution in [0.25, 0.3) is 0 Å². The molecule has 0 amide bonds. The number of rotatable bonds is 6. The second-order valence-electron chi connectivity index (χ2n) is 4.68. The Morgan fingerprint density at radius 3 is 2.37 bits per heavy atom. The molecule has 0 saturated heterocycles. The lowest BCUT2D eigenvalue weighted by Crippen LogP contribution is -2.49. The van der Waals surface area contributed by atoms with Crippen LogP contribution in [0.1, 0.15) is 13.8 Å². The molecule has 0 aliphatic carbocycles. The first kappa shape index (κ1) is 16.1. The lowest BCUT2D eigenvalue weighted by Gasteiger charge is -2.31. The SMILES string of the molecule is CN(CCOc1c(Cl)cccc1Cl)C(C)(C)C(=O)O. The van der Waals surface area contributed by atoms with E-state index in [-0.39, 0.29) is 0 Å². The van der Waals surface area contributed by atoms with Gasteiger partial charge < -0.3 is 9.84 Å². The lowest BCUT2D eigenvalue weighted by molar-refractivity contribution is -0.148. The molecule has 4 nitrogen and oxygen atoms in total. The van der Waals surface area contributed by atoms with Gasteiger partial charge in [-0.1, -0.05) is 29.3 Å². The van der Waals surface area contributed by atoms with Crippen LogP contribution in [-0.2, 0) is 4.79 Å². The third-order valence-corrected chi connectivity index (χ3v) is 3.66. The fourth-order valence-corrected chi connectivity index (χ4v) is 1.85. The van der Waals surface area contributed by atoms with E-state index in [1.54, 1.807) is 44.0 Å². The molecule has 0 aliphatic rings. The molecule has 0 saturated carbocycles. The second-order valence-corrected chi connectivity index (χ2v) is 5.50. The van der Waals surface area contributed by atoms with Gasteiger partial charge in [-0.3, -0.25) is 9.69 Å². The summed E-state index contributed by atoms with van der Waals surface area (Å²) in [5.41, 5.74) is -0.951. The number of carboxylic acid groups (broad SMARTS) is 1. The van der Waals surface area contributed by atoms with Gasteiger partial charge in [0.05, 0.1) is 10.0 Å². The van der Waals surface area contributed by atoms with Crippen molar-refractivity contribution in [2.75, 3.05) is 20.2 Å². The van der Waals surface area contributed by atoms with Gasteiger partial charge in [-0.15, -0.1) is 0 Å². The van der Waals surface area contributed by atoms with Crippen molar-refractivity contribution < 1.29 is 14.6 Å². The minimum absolute atomic E-state index is 0.302. The molecule has 19 heavy (non-hydrogen) atoms. The molecule has 0 aliphatic heterocycles. The molecule has 0 radical (unpaired) electrons. The van der Waals surface area contributed by atoms with Gasteiger partial charge in [0.25, 0.3) is 0 Å². The number of hydrogen-bond donors (Lipinski definition) is 1. The molecule has 1 N–H and O–H groups in total. The summed E-state index contributed by atoms with van der Waals surface area (Å²) >= 11 is 11.9. The maximum absolute atomic E-state index is 11.1. The number of hydrogen-bond acceptors (Lipinski definition) is 3. The minimum atomic E-state index is -0.951. The summed E-state index contributed by atoms with van der Waals surface area (Å²) < 4.78 is 5.51. The number of carboxylic acids is 1. The van der Waals surface area contributed by atoms with Gasteiger partial charge in [-0.25, -0.2) is 0 Å². The fraction of sp³-hybridized carbons (Fsp3) is 0.462. The van der Waals surface area contributed by atoms with Gasteiger partial charge in [0, 0.05) is 6.54 Å². The Kier molecular flexibility index (Phi) is 5.47. The highest BCUT2D eigenvalue weighted by atomic mass is 35.5. The molecule has 0 fully saturated rings. The zero-order valence-electron chi connectivity index (χ0n) is 11.1. The molecule has 0 spiro atoms. The van der Waals surface area contributed by atoms with E-state index >= 15 is 0 Å². The van der Waals surface area contributed by atoms with E-state index < -0.39 is 11.5 Å². The third-order valence-electron chi connectivity index (χ3n) is 3.07. The number of ether oxygens (including phenoxy) is 1. The molecular formula is C13H17Cl2NO3. The first-order valence-electron chi connectivity index (χ1n) is 5.78. The number of para-hydroxylation sites is 1. The summed E-state index contributed by atoms with van der Waals surface area (Å²) in [5, 5.41) is 9.97. The van der Waals surface area contributed by atoms with Crippen LogP contribution in [0.15, 0.2) is 18.2 Å². The van der Waals surface area contributed by atoms with Crippen LogP contribution in [0.3, 0.4) is 0 Å². The standard InChI is InChI=1S/C13H17Cl2NO3/c1-13(2,12(17)18)16(3)7-8-19-11-9(14)5-4-6-10(11)15/h4-6H,7-8H2,1-3H3,(H,17,18). The quantitative estimate of drug-likeness (QED) is 0.877. The average molecular weight is 306 g/mol. The van der Waals surface area contributed by atoms with E-state index in [2.05, 4.69) is 0 Å². The number of likely N-dealkylation sites (N-methyl/N-ethyl adjacent to an activating group) is 1. The molecule has 1 aromatic carbocycles. The van der Waals surface area contributed by atoms with Gasteiger partial charge in [-0.05, 0) is 33.0 Å². The molecule has 0 heterocycles. The van der Waals surface area contributed by atoms with Crippen LogP contribution < -0.4 is 4.74 Å². The smallest absolute Gasteiger partial charge is 0.323 e. The largest absolute Gasteiger partial charge is 0.489 e. The van der Waals surface area contributed by atoms with Crippen molar-refractivity contribution >= 4 is 29.2 Å². The first-order chi connectivity index (χ1) is 8.76. The predicted molar refractivity (Wildman–Crippen MR) is 76.3 cm³/mol. The van der Waals surface area contributed by atoms with Crippen LogP contribution >= 0.6 is 23.2 Å². The molecular weight excluding hydrogens is 289 g/mol. The first-order valence-corrected chi connectivity index (χ1v) is 6.54. The van der Waals surface area contributed by atoms with Crippen molar-refractivity contribution in [3.63, 3.8) is 0 Å². The molecule has 6 heteroatoms. The topological polar surface area (TPSA) is 49.8 Å². The molecule has 0 atom stereocenters. The zero-order valence-corrected chi connectivity index (χ0v) is 12.6. The van der Waals surface area contributed by atoms with Crippen molar-refractivity contribution in [1.29, 1.82) is 0 Å². The van der Waals surface area contributed by atoms with Crippen molar-refractivity contribution in [2.45, 2.75) is 19.4 Å². The maximum Gasteiger partial charge on any atom is 0.323 e.